The molecule has 3 nitrogen and oxygen atoms in total. The zero-order valence-electron chi connectivity index (χ0n) is 10.2. The Morgan fingerprint density at radius 2 is 1.88 bits per heavy atom. The SMILES string of the molecule is Cc1cc(C)c(O)c(Cl)c1.O=CN1CCCC1. The van der Waals surface area contributed by atoms with Crippen LogP contribution in [0.3, 0.4) is 0 Å². The average Bonchev–Trinajstić information content (AvgIpc) is 2.79. The van der Waals surface area contributed by atoms with Gasteiger partial charge in [-0.3, -0.25) is 4.79 Å². The molecule has 1 aromatic rings. The van der Waals surface area contributed by atoms with Crippen LogP contribution in [0.15, 0.2) is 12.1 Å². The fraction of sp³-hybridized carbons (Fsp3) is 0.462. The summed E-state index contributed by atoms with van der Waals surface area (Å²) in [6.45, 7) is 5.72. The summed E-state index contributed by atoms with van der Waals surface area (Å²) in [6.07, 6.45) is 3.31. The minimum Gasteiger partial charge on any atom is -0.506 e. The first-order valence-corrected chi connectivity index (χ1v) is 6.07. The van der Waals surface area contributed by atoms with E-state index in [0.29, 0.717) is 5.02 Å². The van der Waals surface area contributed by atoms with Crippen molar-refractivity contribution in [2.75, 3.05) is 13.1 Å². The molecule has 1 N–H and O–H groups in total. The molecule has 1 fully saturated rings. The summed E-state index contributed by atoms with van der Waals surface area (Å²) in [5, 5.41) is 9.63. The summed E-state index contributed by atoms with van der Waals surface area (Å²) in [6, 6.07) is 3.63. The molecule has 1 amide bonds. The fourth-order valence-electron chi connectivity index (χ4n) is 1.76. The minimum absolute atomic E-state index is 0.187. The summed E-state index contributed by atoms with van der Waals surface area (Å²) >= 11 is 5.67. The third kappa shape index (κ3) is 4.27. The summed E-state index contributed by atoms with van der Waals surface area (Å²) in [5.41, 5.74) is 1.89. The molecule has 0 bridgehead atoms. The van der Waals surface area contributed by atoms with Crippen molar-refractivity contribution in [2.45, 2.75) is 26.7 Å². The van der Waals surface area contributed by atoms with Crippen LogP contribution >= 0.6 is 11.6 Å². The lowest BCUT2D eigenvalue weighted by molar-refractivity contribution is -0.117. The van der Waals surface area contributed by atoms with Gasteiger partial charge < -0.3 is 10.0 Å². The maximum Gasteiger partial charge on any atom is 0.209 e. The molecule has 94 valence electrons. The van der Waals surface area contributed by atoms with E-state index in [2.05, 4.69) is 0 Å². The number of aryl methyl sites for hydroxylation is 2. The highest BCUT2D eigenvalue weighted by Crippen LogP contribution is 2.27. The summed E-state index contributed by atoms with van der Waals surface area (Å²) in [4.78, 5) is 11.7. The number of phenolic OH excluding ortho intramolecular Hbond substituents is 1. The molecule has 0 spiro atoms. The van der Waals surface area contributed by atoms with Gasteiger partial charge in [0.2, 0.25) is 6.41 Å². The minimum atomic E-state index is 0.187. The molecule has 0 atom stereocenters. The maximum absolute atomic E-state index is 9.93. The quantitative estimate of drug-likeness (QED) is 0.784. The van der Waals surface area contributed by atoms with Crippen molar-refractivity contribution in [3.8, 4) is 5.75 Å². The number of amides is 1. The van der Waals surface area contributed by atoms with Gasteiger partial charge in [-0.1, -0.05) is 17.7 Å². The van der Waals surface area contributed by atoms with Crippen LogP contribution in [0.2, 0.25) is 5.02 Å². The number of carbonyl (C=O) groups is 1. The number of halogens is 1. The van der Waals surface area contributed by atoms with Gasteiger partial charge >= 0.3 is 0 Å². The molecule has 0 saturated carbocycles. The number of hydrogen-bond donors (Lipinski definition) is 1. The number of likely N-dealkylation sites (tertiary alicyclic amines) is 1. The smallest absolute Gasteiger partial charge is 0.209 e. The van der Waals surface area contributed by atoms with Crippen molar-refractivity contribution in [1.29, 1.82) is 0 Å². The van der Waals surface area contributed by atoms with Gasteiger partial charge in [0, 0.05) is 13.1 Å². The second-order valence-electron chi connectivity index (χ2n) is 4.26. The Balaban J connectivity index is 0.000000181. The molecule has 4 heteroatoms. The Labute approximate surface area is 107 Å². The average molecular weight is 256 g/mol. The number of nitrogens with zero attached hydrogens (tertiary/aromatic N) is 1. The first kappa shape index (κ1) is 13.8. The van der Waals surface area contributed by atoms with E-state index in [9.17, 15) is 9.90 Å². The molecule has 1 aliphatic rings. The van der Waals surface area contributed by atoms with Gasteiger partial charge in [-0.25, -0.2) is 0 Å². The van der Waals surface area contributed by atoms with Gasteiger partial charge in [0.1, 0.15) is 5.75 Å². The van der Waals surface area contributed by atoms with E-state index in [-0.39, 0.29) is 5.75 Å². The largest absolute Gasteiger partial charge is 0.506 e. The number of hydrogen-bond acceptors (Lipinski definition) is 2. The van der Waals surface area contributed by atoms with Crippen LogP contribution in [-0.2, 0) is 4.79 Å². The molecule has 1 aliphatic heterocycles. The highest BCUT2D eigenvalue weighted by atomic mass is 35.5. The molecule has 0 aromatic heterocycles. The monoisotopic (exact) mass is 255 g/mol. The van der Waals surface area contributed by atoms with E-state index >= 15 is 0 Å². The molecular weight excluding hydrogens is 238 g/mol. The van der Waals surface area contributed by atoms with Crippen LogP contribution in [0.4, 0.5) is 0 Å². The normalized spacial score (nSPS) is 14.2. The zero-order valence-corrected chi connectivity index (χ0v) is 11.0. The Morgan fingerprint density at radius 3 is 2.29 bits per heavy atom. The summed E-state index contributed by atoms with van der Waals surface area (Å²) in [7, 11) is 0. The second-order valence-corrected chi connectivity index (χ2v) is 4.67. The van der Waals surface area contributed by atoms with E-state index in [1.165, 1.54) is 12.8 Å². The Kier molecular flexibility index (Phi) is 5.29. The molecule has 0 radical (unpaired) electrons. The lowest BCUT2D eigenvalue weighted by Gasteiger charge is -2.03. The number of aromatic hydroxyl groups is 1. The third-order valence-electron chi connectivity index (χ3n) is 2.69. The Morgan fingerprint density at radius 1 is 1.29 bits per heavy atom. The standard InChI is InChI=1S/C8H9ClO.C5H9NO/c1-5-3-6(2)8(10)7(9)4-5;7-5-6-3-1-2-4-6/h3-4,10H,1-2H3;5H,1-4H2. The summed E-state index contributed by atoms with van der Waals surface area (Å²) < 4.78 is 0. The van der Waals surface area contributed by atoms with Gasteiger partial charge in [0.15, 0.2) is 0 Å². The molecule has 1 saturated heterocycles. The number of carbonyl (C=O) groups excluding carboxylic acids is 1. The van der Waals surface area contributed by atoms with Crippen molar-refractivity contribution < 1.29 is 9.90 Å². The molecule has 17 heavy (non-hydrogen) atoms. The van der Waals surface area contributed by atoms with Gasteiger partial charge in [0.05, 0.1) is 5.02 Å². The second kappa shape index (κ2) is 6.50. The molecule has 0 aliphatic carbocycles. The van der Waals surface area contributed by atoms with Crippen molar-refractivity contribution in [3.63, 3.8) is 0 Å². The predicted octanol–water partition coefficient (Wildman–Crippen LogP) is 2.90. The zero-order chi connectivity index (χ0) is 12.8. The topological polar surface area (TPSA) is 40.5 Å². The molecule has 2 rings (SSSR count). The predicted molar refractivity (Wildman–Crippen MR) is 69.5 cm³/mol. The highest BCUT2D eigenvalue weighted by molar-refractivity contribution is 6.32. The van der Waals surface area contributed by atoms with Crippen LogP contribution in [-0.4, -0.2) is 29.5 Å². The van der Waals surface area contributed by atoms with Crippen LogP contribution in [0.25, 0.3) is 0 Å². The van der Waals surface area contributed by atoms with Crippen molar-refractivity contribution in [2.24, 2.45) is 0 Å². The number of rotatable bonds is 1. The van der Waals surface area contributed by atoms with Crippen molar-refractivity contribution in [1.82, 2.24) is 4.90 Å². The first-order valence-electron chi connectivity index (χ1n) is 5.69. The van der Waals surface area contributed by atoms with Crippen LogP contribution in [0, 0.1) is 13.8 Å². The fourth-order valence-corrected chi connectivity index (χ4v) is 2.08. The molecule has 0 unspecified atom stereocenters. The van der Waals surface area contributed by atoms with E-state index < -0.39 is 0 Å². The first-order chi connectivity index (χ1) is 8.04. The van der Waals surface area contributed by atoms with E-state index in [4.69, 9.17) is 11.6 Å². The van der Waals surface area contributed by atoms with Crippen LogP contribution in [0.5, 0.6) is 5.75 Å². The number of phenols is 1. The van der Waals surface area contributed by atoms with Gasteiger partial charge in [-0.05, 0) is 43.9 Å². The lowest BCUT2D eigenvalue weighted by Crippen LogP contribution is -2.15. The van der Waals surface area contributed by atoms with E-state index in [0.717, 1.165) is 30.6 Å². The summed E-state index contributed by atoms with van der Waals surface area (Å²) in [5.74, 6) is 0.187. The van der Waals surface area contributed by atoms with Crippen LogP contribution < -0.4 is 0 Å². The molecular formula is C13H18ClNO2. The van der Waals surface area contributed by atoms with Gasteiger partial charge in [-0.2, -0.15) is 0 Å². The molecule has 1 aromatic carbocycles. The van der Waals surface area contributed by atoms with E-state index in [1.807, 2.05) is 19.9 Å². The third-order valence-corrected chi connectivity index (χ3v) is 2.98. The highest BCUT2D eigenvalue weighted by Gasteiger charge is 2.06. The van der Waals surface area contributed by atoms with Crippen molar-refractivity contribution in [3.05, 3.63) is 28.3 Å². The maximum atomic E-state index is 9.93. The Bertz CT molecular complexity index is 364. The van der Waals surface area contributed by atoms with Gasteiger partial charge in [0.25, 0.3) is 0 Å². The molecule has 1 heterocycles. The lowest BCUT2D eigenvalue weighted by atomic mass is 10.1. The Hall–Kier alpha value is -1.22. The van der Waals surface area contributed by atoms with Crippen molar-refractivity contribution >= 4 is 18.0 Å². The van der Waals surface area contributed by atoms with Gasteiger partial charge in [-0.15, -0.1) is 0 Å². The number of benzene rings is 1. The van der Waals surface area contributed by atoms with E-state index in [1.54, 1.807) is 11.0 Å². The van der Waals surface area contributed by atoms with Crippen LogP contribution in [0.1, 0.15) is 24.0 Å².